The van der Waals surface area contributed by atoms with Gasteiger partial charge in [-0.2, -0.15) is 0 Å². The average molecular weight is 751 g/mol. The molecule has 0 aliphatic rings. The van der Waals surface area contributed by atoms with Crippen LogP contribution in [-0.2, 0) is 28.2 Å². The fraction of sp³-hybridized carbons (Fsp3) is 0.667. The molecule has 0 unspecified atom stereocenters. The molecule has 10 heteroatoms. The van der Waals surface area contributed by atoms with Crippen LogP contribution in [0.2, 0.25) is 0 Å². The van der Waals surface area contributed by atoms with Gasteiger partial charge in [0, 0.05) is 12.8 Å². The average Bonchev–Trinajstić information content (AvgIpc) is 3.10. The number of ether oxygens (including phenoxy) is 2. The van der Waals surface area contributed by atoms with Crippen molar-refractivity contribution in [2.45, 2.75) is 167 Å². The SMILES string of the molecule is CCCCC/C=C\C/C=C\CCCCCCCCC(=O)O[C@H](COC(=O)CCC/C=C\C/C=C\C/C=C\C/C=C\CCC[C@@H](C)O)COP(=O)(O)O. The van der Waals surface area contributed by atoms with E-state index in [-0.39, 0.29) is 25.6 Å². The van der Waals surface area contributed by atoms with E-state index in [1.54, 1.807) is 0 Å². The van der Waals surface area contributed by atoms with E-state index in [1.165, 1.54) is 25.7 Å². The van der Waals surface area contributed by atoms with Gasteiger partial charge in [0.2, 0.25) is 0 Å². The number of carbonyl (C=O) groups is 2. The molecule has 0 heterocycles. The van der Waals surface area contributed by atoms with Gasteiger partial charge in [-0.1, -0.05) is 118 Å². The van der Waals surface area contributed by atoms with Crippen LogP contribution in [-0.4, -0.2) is 52.3 Å². The van der Waals surface area contributed by atoms with Gasteiger partial charge in [-0.15, -0.1) is 0 Å². The summed E-state index contributed by atoms with van der Waals surface area (Å²) in [6.07, 6.45) is 44.7. The van der Waals surface area contributed by atoms with Crippen molar-refractivity contribution in [3.8, 4) is 0 Å². The molecule has 0 spiro atoms. The van der Waals surface area contributed by atoms with Crippen molar-refractivity contribution in [3.05, 3.63) is 72.9 Å². The van der Waals surface area contributed by atoms with E-state index in [9.17, 15) is 19.3 Å². The summed E-state index contributed by atoms with van der Waals surface area (Å²) in [6, 6.07) is 0. The Morgan fingerprint density at radius 1 is 0.577 bits per heavy atom. The molecule has 0 fully saturated rings. The highest BCUT2D eigenvalue weighted by Gasteiger charge is 2.22. The molecule has 3 N–H and O–H groups in total. The van der Waals surface area contributed by atoms with E-state index in [0.717, 1.165) is 83.5 Å². The fourth-order valence-electron chi connectivity index (χ4n) is 5.00. The van der Waals surface area contributed by atoms with E-state index in [4.69, 9.17) is 19.3 Å². The van der Waals surface area contributed by atoms with Gasteiger partial charge in [-0.25, -0.2) is 4.57 Å². The first kappa shape index (κ1) is 49.5. The predicted molar refractivity (Wildman–Crippen MR) is 213 cm³/mol. The van der Waals surface area contributed by atoms with Crippen LogP contribution in [0, 0.1) is 0 Å². The van der Waals surface area contributed by atoms with Gasteiger partial charge in [0.1, 0.15) is 6.61 Å². The number of phosphoric acid groups is 1. The molecular formula is C42H71O9P. The molecule has 298 valence electrons. The van der Waals surface area contributed by atoms with Crippen LogP contribution in [0.25, 0.3) is 0 Å². The van der Waals surface area contributed by atoms with Gasteiger partial charge >= 0.3 is 19.8 Å². The lowest BCUT2D eigenvalue weighted by Gasteiger charge is -2.18. The third kappa shape index (κ3) is 40.2. The van der Waals surface area contributed by atoms with Gasteiger partial charge in [-0.05, 0) is 96.8 Å². The van der Waals surface area contributed by atoms with Crippen LogP contribution >= 0.6 is 7.82 Å². The smallest absolute Gasteiger partial charge is 0.462 e. The zero-order chi connectivity index (χ0) is 38.4. The maximum Gasteiger partial charge on any atom is 0.469 e. The highest BCUT2D eigenvalue weighted by atomic mass is 31.2. The van der Waals surface area contributed by atoms with Crippen molar-refractivity contribution in [2.24, 2.45) is 0 Å². The lowest BCUT2D eigenvalue weighted by molar-refractivity contribution is -0.161. The molecule has 0 aromatic carbocycles. The van der Waals surface area contributed by atoms with Crippen molar-refractivity contribution in [2.75, 3.05) is 13.2 Å². The number of aliphatic hydroxyl groups is 1. The highest BCUT2D eigenvalue weighted by Crippen LogP contribution is 2.36. The van der Waals surface area contributed by atoms with Crippen LogP contribution < -0.4 is 0 Å². The van der Waals surface area contributed by atoms with Gasteiger partial charge in [-0.3, -0.25) is 14.1 Å². The fourth-order valence-corrected chi connectivity index (χ4v) is 5.36. The Kier molecular flexibility index (Phi) is 35.0. The number of aliphatic hydroxyl groups excluding tert-OH is 1. The summed E-state index contributed by atoms with van der Waals surface area (Å²) in [6.45, 7) is 3.14. The molecule has 0 saturated heterocycles. The van der Waals surface area contributed by atoms with E-state index >= 15 is 0 Å². The molecule has 0 aliphatic carbocycles. The van der Waals surface area contributed by atoms with Crippen molar-refractivity contribution in [3.63, 3.8) is 0 Å². The minimum absolute atomic E-state index is 0.173. The molecule has 9 nitrogen and oxygen atoms in total. The summed E-state index contributed by atoms with van der Waals surface area (Å²) in [5.74, 6) is -0.986. The van der Waals surface area contributed by atoms with Crippen molar-refractivity contribution in [1.29, 1.82) is 0 Å². The van der Waals surface area contributed by atoms with Crippen molar-refractivity contribution in [1.82, 2.24) is 0 Å². The van der Waals surface area contributed by atoms with Gasteiger partial charge < -0.3 is 24.4 Å². The van der Waals surface area contributed by atoms with E-state index < -0.39 is 32.5 Å². The van der Waals surface area contributed by atoms with Crippen LogP contribution in [0.1, 0.15) is 155 Å². The van der Waals surface area contributed by atoms with Gasteiger partial charge in [0.05, 0.1) is 12.7 Å². The molecule has 0 saturated carbocycles. The van der Waals surface area contributed by atoms with Crippen LogP contribution in [0.5, 0.6) is 0 Å². The van der Waals surface area contributed by atoms with E-state index in [1.807, 2.05) is 19.1 Å². The zero-order valence-electron chi connectivity index (χ0n) is 32.3. The largest absolute Gasteiger partial charge is 0.469 e. The first-order chi connectivity index (χ1) is 25.1. The molecule has 0 aromatic heterocycles. The Morgan fingerprint density at radius 3 is 1.54 bits per heavy atom. The maximum absolute atomic E-state index is 12.4. The molecule has 52 heavy (non-hydrogen) atoms. The molecule has 0 aliphatic heterocycles. The summed E-state index contributed by atoms with van der Waals surface area (Å²) in [4.78, 5) is 42.7. The second-order valence-corrected chi connectivity index (χ2v) is 14.4. The molecule has 0 amide bonds. The molecule has 0 rings (SSSR count). The Hall–Kier alpha value is -2.55. The number of hydrogen-bond donors (Lipinski definition) is 3. The summed E-state index contributed by atoms with van der Waals surface area (Å²) in [5, 5.41) is 9.24. The number of allylic oxidation sites excluding steroid dienone is 12. The number of carbonyl (C=O) groups excluding carboxylic acids is 2. The Balaban J connectivity index is 4.08. The summed E-state index contributed by atoms with van der Waals surface area (Å²) >= 11 is 0. The minimum Gasteiger partial charge on any atom is -0.462 e. The molecule has 0 aromatic rings. The standard InChI is InChI=1S/C42H71O9P/c1-3-4-5-6-7-8-9-10-11-14-18-21-24-27-30-33-36-42(45)51-40(38-50-52(46,47)48)37-49-41(44)35-32-29-26-23-20-17-15-12-13-16-19-22-25-28-31-34-39(2)43/h7-8,10-11,13,15-17,22-23,25-26,39-40,43H,3-6,9,12,14,18-21,24,27-38H2,1-2H3,(H2,46,47,48)/b8-7-,11-10-,16-13-,17-15-,25-22-,26-23-/t39-,40-/m1/s1. The summed E-state index contributed by atoms with van der Waals surface area (Å²) in [5.41, 5.74) is 0. The van der Waals surface area contributed by atoms with Gasteiger partial charge in [0.15, 0.2) is 6.10 Å². The second kappa shape index (κ2) is 36.8. The van der Waals surface area contributed by atoms with Gasteiger partial charge in [0.25, 0.3) is 0 Å². The highest BCUT2D eigenvalue weighted by molar-refractivity contribution is 7.46. The van der Waals surface area contributed by atoms with Crippen LogP contribution in [0.4, 0.5) is 0 Å². The Morgan fingerprint density at radius 2 is 1.02 bits per heavy atom. The minimum atomic E-state index is -4.78. The third-order valence-corrected chi connectivity index (χ3v) is 8.45. The topological polar surface area (TPSA) is 140 Å². The van der Waals surface area contributed by atoms with Crippen LogP contribution in [0.3, 0.4) is 0 Å². The first-order valence-corrected chi connectivity index (χ1v) is 21.3. The second-order valence-electron chi connectivity index (χ2n) is 13.2. The van der Waals surface area contributed by atoms with Crippen molar-refractivity contribution < 1.29 is 43.0 Å². The molecule has 0 bridgehead atoms. The molecule has 0 radical (unpaired) electrons. The quantitative estimate of drug-likeness (QED) is 0.0250. The maximum atomic E-state index is 12.4. The third-order valence-electron chi connectivity index (χ3n) is 7.97. The Bertz CT molecular complexity index is 1090. The monoisotopic (exact) mass is 750 g/mol. The number of unbranched alkanes of at least 4 members (excludes halogenated alkanes) is 11. The zero-order valence-corrected chi connectivity index (χ0v) is 33.2. The lowest BCUT2D eigenvalue weighted by atomic mass is 10.1. The normalized spacial score (nSPS) is 13.9. The number of esters is 2. The van der Waals surface area contributed by atoms with Crippen molar-refractivity contribution >= 4 is 19.8 Å². The summed E-state index contributed by atoms with van der Waals surface area (Å²) in [7, 11) is -4.78. The van der Waals surface area contributed by atoms with Crippen LogP contribution in [0.15, 0.2) is 72.9 Å². The number of hydrogen-bond acceptors (Lipinski definition) is 7. The summed E-state index contributed by atoms with van der Waals surface area (Å²) < 4.78 is 26.3. The first-order valence-electron chi connectivity index (χ1n) is 19.8. The lowest BCUT2D eigenvalue weighted by Crippen LogP contribution is -2.29. The number of rotatable bonds is 35. The van der Waals surface area contributed by atoms with E-state index in [2.05, 4.69) is 72.2 Å². The van der Waals surface area contributed by atoms with E-state index in [0.29, 0.717) is 19.3 Å². The molecular weight excluding hydrogens is 679 g/mol. The molecule has 2 atom stereocenters. The number of phosphoric ester groups is 1. The predicted octanol–water partition coefficient (Wildman–Crippen LogP) is 10.9. The Labute approximate surface area is 315 Å².